The van der Waals surface area contributed by atoms with E-state index in [1.807, 2.05) is 14.1 Å². The highest BCUT2D eigenvalue weighted by molar-refractivity contribution is 6.34. The number of aryl methyl sites for hydroxylation is 1. The molecule has 0 aliphatic carbocycles. The number of aromatic nitrogens is 4. The summed E-state index contributed by atoms with van der Waals surface area (Å²) in [6.45, 7) is 4.51. The Kier molecular flexibility index (Phi) is 10.5. The number of aliphatic hydroxyl groups is 1. The SMILES string of the molecule is COCCn1cc(-c2ccc(-c3cnc(C(=O)Nc4ccc(C(=O)N5CCN(C(=O)[C@H]6C[C@H](O)C[N+]6(C)C)CC5)c(Cl)c4)n3C)c(F)c2F)c(C)n1. The summed E-state index contributed by atoms with van der Waals surface area (Å²) in [5, 5.41) is 17.3. The number of piperazine rings is 1. The number of aliphatic hydroxyl groups excluding tert-OH is 1. The van der Waals surface area contributed by atoms with Gasteiger partial charge in [0.25, 0.3) is 17.7 Å². The summed E-state index contributed by atoms with van der Waals surface area (Å²) >= 11 is 6.52. The van der Waals surface area contributed by atoms with E-state index in [0.717, 1.165) is 0 Å². The number of likely N-dealkylation sites (N-methyl/N-ethyl adjacent to an activating group) is 1. The predicted octanol–water partition coefficient (Wildman–Crippen LogP) is 3.58. The van der Waals surface area contributed by atoms with Crippen molar-refractivity contribution in [2.45, 2.75) is 32.0 Å². The topological polar surface area (TPSA) is 135 Å². The van der Waals surface area contributed by atoms with Crippen molar-refractivity contribution in [2.24, 2.45) is 7.05 Å². The van der Waals surface area contributed by atoms with E-state index in [9.17, 15) is 19.5 Å². The van der Waals surface area contributed by atoms with E-state index in [4.69, 9.17) is 16.3 Å². The van der Waals surface area contributed by atoms with E-state index in [-0.39, 0.29) is 51.1 Å². The van der Waals surface area contributed by atoms with Crippen molar-refractivity contribution in [3.63, 3.8) is 0 Å². The maximum Gasteiger partial charge on any atom is 0.291 e. The van der Waals surface area contributed by atoms with Gasteiger partial charge in [-0.05, 0) is 31.2 Å². The van der Waals surface area contributed by atoms with Gasteiger partial charge in [0.15, 0.2) is 23.5 Å². The normalized spacial score (nSPS) is 18.6. The monoisotopic (exact) mass is 739 g/mol. The summed E-state index contributed by atoms with van der Waals surface area (Å²) in [7, 11) is 6.96. The second kappa shape index (κ2) is 14.7. The molecule has 16 heteroatoms. The lowest BCUT2D eigenvalue weighted by Crippen LogP contribution is -2.58. The van der Waals surface area contributed by atoms with Crippen molar-refractivity contribution in [1.29, 1.82) is 0 Å². The summed E-state index contributed by atoms with van der Waals surface area (Å²) in [6, 6.07) is 7.10. The number of quaternary nitrogens is 1. The molecule has 4 aromatic rings. The number of rotatable bonds is 9. The van der Waals surface area contributed by atoms with Crippen LogP contribution in [0.1, 0.15) is 33.1 Å². The Hall–Kier alpha value is -4.70. The van der Waals surface area contributed by atoms with E-state index in [1.54, 1.807) is 40.8 Å². The first kappa shape index (κ1) is 37.1. The standard InChI is InChI=1S/C36H41ClF2N8O5/c1-21-27(19-46(42-21)14-15-52-5)24-8-9-26(32(39)31(24)38)29-18-40-33(43(29)2)34(49)41-22-6-7-25(28(37)16-22)35(50)44-10-12-45(13-11-44)36(51)30-17-23(48)20-47(30,3)4/h6-9,16,18-19,23,30,48H,10-15,17,20H2,1-5H3/p+1/t23-,30+/m0/s1. The van der Waals surface area contributed by atoms with Crippen LogP contribution in [0.25, 0.3) is 22.4 Å². The first-order valence-corrected chi connectivity index (χ1v) is 17.3. The molecule has 52 heavy (non-hydrogen) atoms. The largest absolute Gasteiger partial charge is 0.387 e. The number of nitrogens with one attached hydrogen (secondary N) is 1. The van der Waals surface area contributed by atoms with Crippen LogP contribution in [0, 0.1) is 18.6 Å². The van der Waals surface area contributed by atoms with Crippen molar-refractivity contribution in [3.8, 4) is 22.4 Å². The van der Waals surface area contributed by atoms with Crippen molar-refractivity contribution in [3.05, 3.63) is 76.5 Å². The van der Waals surface area contributed by atoms with Crippen LogP contribution in [-0.4, -0.2) is 129 Å². The second-order valence-electron chi connectivity index (χ2n) is 13.8. The fourth-order valence-corrected chi connectivity index (χ4v) is 7.32. The molecule has 0 bridgehead atoms. The molecule has 0 radical (unpaired) electrons. The third kappa shape index (κ3) is 7.18. The minimum atomic E-state index is -1.09. The van der Waals surface area contributed by atoms with Gasteiger partial charge in [0.2, 0.25) is 0 Å². The van der Waals surface area contributed by atoms with Crippen LogP contribution in [0.15, 0.2) is 42.7 Å². The van der Waals surface area contributed by atoms with Crippen LogP contribution in [0.5, 0.6) is 0 Å². The number of carbonyl (C=O) groups excluding carboxylic acids is 3. The van der Waals surface area contributed by atoms with E-state index >= 15 is 8.78 Å². The Balaban J connectivity index is 1.10. The Morgan fingerprint density at radius 2 is 1.71 bits per heavy atom. The number of benzene rings is 2. The van der Waals surface area contributed by atoms with Crippen LogP contribution in [0.2, 0.25) is 5.02 Å². The number of methoxy groups -OCH3 is 1. The van der Waals surface area contributed by atoms with Crippen LogP contribution in [0.4, 0.5) is 14.5 Å². The van der Waals surface area contributed by atoms with Crippen molar-refractivity contribution in [1.82, 2.24) is 29.1 Å². The molecule has 2 aliphatic heterocycles. The molecule has 3 amide bonds. The predicted molar refractivity (Wildman–Crippen MR) is 190 cm³/mol. The third-order valence-electron chi connectivity index (χ3n) is 9.95. The lowest BCUT2D eigenvalue weighted by Gasteiger charge is -2.38. The van der Waals surface area contributed by atoms with E-state index < -0.39 is 23.6 Å². The van der Waals surface area contributed by atoms with Gasteiger partial charge in [-0.2, -0.15) is 5.10 Å². The highest BCUT2D eigenvalue weighted by Gasteiger charge is 2.46. The number of imidazole rings is 1. The molecule has 2 atom stereocenters. The zero-order chi connectivity index (χ0) is 37.5. The maximum absolute atomic E-state index is 15.5. The highest BCUT2D eigenvalue weighted by Crippen LogP contribution is 2.33. The van der Waals surface area contributed by atoms with E-state index in [0.29, 0.717) is 73.7 Å². The molecule has 2 aliphatic rings. The zero-order valence-electron chi connectivity index (χ0n) is 29.7. The fraction of sp³-hybridized carbons (Fsp3) is 0.417. The number of hydrogen-bond acceptors (Lipinski definition) is 7. The number of halogens is 3. The van der Waals surface area contributed by atoms with Crippen LogP contribution < -0.4 is 5.32 Å². The molecule has 6 rings (SSSR count). The number of ether oxygens (including phenoxy) is 1. The van der Waals surface area contributed by atoms with Crippen LogP contribution in [0.3, 0.4) is 0 Å². The molecule has 0 saturated carbocycles. The minimum absolute atomic E-state index is 0.0182. The number of nitrogens with zero attached hydrogens (tertiary/aromatic N) is 7. The lowest BCUT2D eigenvalue weighted by molar-refractivity contribution is -0.894. The van der Waals surface area contributed by atoms with Crippen molar-refractivity contribution >= 4 is 35.0 Å². The molecule has 13 nitrogen and oxygen atoms in total. The summed E-state index contributed by atoms with van der Waals surface area (Å²) in [5.41, 5.74) is 1.71. The molecular formula is C36H42ClF2N8O5+. The first-order valence-electron chi connectivity index (χ1n) is 16.9. The van der Waals surface area contributed by atoms with Crippen LogP contribution >= 0.6 is 11.6 Å². The number of amides is 3. The summed E-state index contributed by atoms with van der Waals surface area (Å²) in [6.07, 6.45) is 2.84. The summed E-state index contributed by atoms with van der Waals surface area (Å²) < 4.78 is 39.4. The zero-order valence-corrected chi connectivity index (χ0v) is 30.5. The second-order valence-corrected chi connectivity index (χ2v) is 14.2. The van der Waals surface area contributed by atoms with Gasteiger partial charge in [-0.3, -0.25) is 19.1 Å². The van der Waals surface area contributed by atoms with E-state index in [2.05, 4.69) is 15.4 Å². The Morgan fingerprint density at radius 1 is 1.04 bits per heavy atom. The maximum atomic E-state index is 15.5. The van der Waals surface area contributed by atoms with Gasteiger partial charge in [0.1, 0.15) is 12.6 Å². The van der Waals surface area contributed by atoms with Gasteiger partial charge < -0.3 is 34.0 Å². The quantitative estimate of drug-likeness (QED) is 0.251. The van der Waals surface area contributed by atoms with Gasteiger partial charge in [-0.25, -0.2) is 13.8 Å². The number of likely N-dealkylation sites (tertiary alicyclic amines) is 1. The highest BCUT2D eigenvalue weighted by atomic mass is 35.5. The third-order valence-corrected chi connectivity index (χ3v) is 10.3. The molecule has 4 heterocycles. The summed E-state index contributed by atoms with van der Waals surface area (Å²) in [4.78, 5) is 47.4. The van der Waals surface area contributed by atoms with Gasteiger partial charge in [0, 0.05) is 75.3 Å². The Labute approximate surface area is 304 Å². The number of carbonyl (C=O) groups is 3. The molecule has 2 N–H and O–H groups in total. The van der Waals surface area contributed by atoms with Crippen molar-refractivity contribution < 1.29 is 37.5 Å². The van der Waals surface area contributed by atoms with E-state index in [1.165, 1.54) is 42.1 Å². The smallest absolute Gasteiger partial charge is 0.291 e. The average molecular weight is 740 g/mol. The minimum Gasteiger partial charge on any atom is -0.387 e. The molecule has 2 fully saturated rings. The van der Waals surface area contributed by atoms with Gasteiger partial charge >= 0.3 is 0 Å². The molecule has 2 aromatic carbocycles. The lowest BCUT2D eigenvalue weighted by atomic mass is 10.0. The summed E-state index contributed by atoms with van der Waals surface area (Å²) in [5.74, 6) is -3.15. The number of hydrogen-bond donors (Lipinski definition) is 2. The Bertz CT molecular complexity index is 2020. The van der Waals surface area contributed by atoms with Gasteiger partial charge in [0.05, 0.1) is 55.4 Å². The first-order chi connectivity index (χ1) is 24.7. The number of anilines is 1. The molecule has 276 valence electrons. The van der Waals surface area contributed by atoms with Gasteiger partial charge in [-0.1, -0.05) is 17.7 Å². The molecule has 0 unspecified atom stereocenters. The fourth-order valence-electron chi connectivity index (χ4n) is 7.06. The van der Waals surface area contributed by atoms with Crippen molar-refractivity contribution in [2.75, 3.05) is 65.9 Å². The molecule has 2 saturated heterocycles. The van der Waals surface area contributed by atoms with Crippen LogP contribution in [-0.2, 0) is 23.1 Å². The molecular weight excluding hydrogens is 698 g/mol. The average Bonchev–Trinajstić information content (AvgIpc) is 3.76. The molecule has 0 spiro atoms. The Morgan fingerprint density at radius 3 is 2.37 bits per heavy atom. The van der Waals surface area contributed by atoms with Gasteiger partial charge in [-0.15, -0.1) is 0 Å². The molecule has 2 aromatic heterocycles.